The number of carbonyl (C=O) groups is 1. The van der Waals surface area contributed by atoms with Gasteiger partial charge in [0.25, 0.3) is 5.91 Å². The van der Waals surface area contributed by atoms with Gasteiger partial charge in [-0.1, -0.05) is 35.9 Å². The fourth-order valence-corrected chi connectivity index (χ4v) is 3.09. The number of nitrogens with one attached hydrogen (secondary N) is 1. The smallest absolute Gasteiger partial charge is 0.251 e. The van der Waals surface area contributed by atoms with Crippen LogP contribution in [0.2, 0.25) is 5.02 Å². The minimum Gasteiger partial charge on any atom is -0.454 e. The van der Waals surface area contributed by atoms with Crippen LogP contribution < -0.4 is 14.8 Å². The van der Waals surface area contributed by atoms with Crippen molar-refractivity contribution >= 4 is 17.5 Å². The molecule has 7 heteroatoms. The molecule has 4 rings (SSSR count). The molecule has 132 valence electrons. The van der Waals surface area contributed by atoms with E-state index in [1.807, 2.05) is 41.2 Å². The van der Waals surface area contributed by atoms with Crippen molar-refractivity contribution in [2.75, 3.05) is 6.79 Å². The SMILES string of the molecule is O=C(NCc1ccccc1Cn1cccn1)c1cc(Cl)c2c(c1)OCO2. The van der Waals surface area contributed by atoms with E-state index in [0.717, 1.165) is 11.1 Å². The second-order valence-electron chi connectivity index (χ2n) is 5.85. The van der Waals surface area contributed by atoms with E-state index in [2.05, 4.69) is 10.4 Å². The van der Waals surface area contributed by atoms with Crippen molar-refractivity contribution in [3.63, 3.8) is 0 Å². The van der Waals surface area contributed by atoms with Gasteiger partial charge in [0.1, 0.15) is 0 Å². The number of benzene rings is 2. The maximum atomic E-state index is 12.5. The van der Waals surface area contributed by atoms with Crippen LogP contribution in [-0.4, -0.2) is 22.5 Å². The van der Waals surface area contributed by atoms with E-state index in [4.69, 9.17) is 21.1 Å². The summed E-state index contributed by atoms with van der Waals surface area (Å²) in [6.45, 7) is 1.16. The average Bonchev–Trinajstić information content (AvgIpc) is 3.32. The number of carbonyl (C=O) groups excluding carboxylic acids is 1. The molecule has 0 saturated heterocycles. The maximum absolute atomic E-state index is 12.5. The van der Waals surface area contributed by atoms with E-state index >= 15 is 0 Å². The fraction of sp³-hybridized carbons (Fsp3) is 0.158. The van der Waals surface area contributed by atoms with Crippen LogP contribution in [0.25, 0.3) is 0 Å². The number of nitrogens with zero attached hydrogens (tertiary/aromatic N) is 2. The first kappa shape index (κ1) is 16.5. The number of ether oxygens (including phenoxy) is 2. The van der Waals surface area contributed by atoms with E-state index in [-0.39, 0.29) is 12.7 Å². The monoisotopic (exact) mass is 369 g/mol. The Labute approximate surface area is 155 Å². The quantitative estimate of drug-likeness (QED) is 0.749. The van der Waals surface area contributed by atoms with Crippen molar-refractivity contribution in [1.29, 1.82) is 0 Å². The first-order chi connectivity index (χ1) is 12.7. The minimum atomic E-state index is -0.223. The Bertz CT molecular complexity index is 941. The Hall–Kier alpha value is -2.99. The van der Waals surface area contributed by atoms with Crippen LogP contribution in [0.1, 0.15) is 21.5 Å². The fourth-order valence-electron chi connectivity index (χ4n) is 2.83. The second kappa shape index (κ2) is 7.09. The number of aromatic nitrogens is 2. The van der Waals surface area contributed by atoms with Crippen LogP contribution >= 0.6 is 11.6 Å². The summed E-state index contributed by atoms with van der Waals surface area (Å²) in [4.78, 5) is 12.5. The van der Waals surface area contributed by atoms with Gasteiger partial charge >= 0.3 is 0 Å². The highest BCUT2D eigenvalue weighted by Crippen LogP contribution is 2.39. The molecule has 2 heterocycles. The van der Waals surface area contributed by atoms with Gasteiger partial charge in [0.05, 0.1) is 11.6 Å². The van der Waals surface area contributed by atoms with Gasteiger partial charge in [-0.25, -0.2) is 0 Å². The van der Waals surface area contributed by atoms with Crippen molar-refractivity contribution in [1.82, 2.24) is 15.1 Å². The molecule has 0 unspecified atom stereocenters. The summed E-state index contributed by atoms with van der Waals surface area (Å²) in [6, 6.07) is 13.0. The zero-order chi connectivity index (χ0) is 17.9. The van der Waals surface area contributed by atoms with E-state index in [1.54, 1.807) is 18.3 Å². The molecule has 1 aromatic heterocycles. The Morgan fingerprint density at radius 3 is 2.85 bits per heavy atom. The van der Waals surface area contributed by atoms with Crippen LogP contribution in [0.15, 0.2) is 54.9 Å². The molecule has 1 amide bonds. The van der Waals surface area contributed by atoms with Gasteiger partial charge in [-0.05, 0) is 29.3 Å². The van der Waals surface area contributed by atoms with Crippen molar-refractivity contribution < 1.29 is 14.3 Å². The van der Waals surface area contributed by atoms with Crippen LogP contribution in [-0.2, 0) is 13.1 Å². The summed E-state index contributed by atoms with van der Waals surface area (Å²) < 4.78 is 12.4. The maximum Gasteiger partial charge on any atom is 0.251 e. The number of hydrogen-bond acceptors (Lipinski definition) is 4. The third-order valence-electron chi connectivity index (χ3n) is 4.14. The summed E-state index contributed by atoms with van der Waals surface area (Å²) in [6.07, 6.45) is 3.65. The molecule has 26 heavy (non-hydrogen) atoms. The Morgan fingerprint density at radius 1 is 1.19 bits per heavy atom. The molecule has 2 aromatic carbocycles. The lowest BCUT2D eigenvalue weighted by atomic mass is 10.1. The van der Waals surface area contributed by atoms with Gasteiger partial charge in [0.2, 0.25) is 6.79 Å². The highest BCUT2D eigenvalue weighted by atomic mass is 35.5. The summed E-state index contributed by atoms with van der Waals surface area (Å²) in [7, 11) is 0. The molecule has 1 aliphatic heterocycles. The molecule has 0 fully saturated rings. The van der Waals surface area contributed by atoms with Gasteiger partial charge < -0.3 is 14.8 Å². The highest BCUT2D eigenvalue weighted by Gasteiger charge is 2.20. The molecule has 0 spiro atoms. The van der Waals surface area contributed by atoms with Crippen LogP contribution in [0.5, 0.6) is 11.5 Å². The molecule has 0 saturated carbocycles. The summed E-state index contributed by atoms with van der Waals surface area (Å²) >= 11 is 6.15. The lowest BCUT2D eigenvalue weighted by Gasteiger charge is -2.11. The first-order valence-electron chi connectivity index (χ1n) is 8.12. The van der Waals surface area contributed by atoms with Crippen molar-refractivity contribution in [3.05, 3.63) is 76.6 Å². The van der Waals surface area contributed by atoms with Gasteiger partial charge in [-0.15, -0.1) is 0 Å². The molecule has 1 aliphatic rings. The average molecular weight is 370 g/mol. The summed E-state index contributed by atoms with van der Waals surface area (Å²) in [5.74, 6) is 0.744. The largest absolute Gasteiger partial charge is 0.454 e. The molecule has 0 atom stereocenters. The van der Waals surface area contributed by atoms with E-state index in [0.29, 0.717) is 35.2 Å². The van der Waals surface area contributed by atoms with E-state index < -0.39 is 0 Å². The summed E-state index contributed by atoms with van der Waals surface area (Å²) in [5.41, 5.74) is 2.56. The molecule has 6 nitrogen and oxygen atoms in total. The third-order valence-corrected chi connectivity index (χ3v) is 4.42. The number of fused-ring (bicyclic) bond motifs is 1. The van der Waals surface area contributed by atoms with E-state index in [9.17, 15) is 4.79 Å². The number of amides is 1. The Balaban J connectivity index is 1.48. The second-order valence-corrected chi connectivity index (χ2v) is 6.25. The molecule has 1 N–H and O–H groups in total. The molecule has 0 bridgehead atoms. The van der Waals surface area contributed by atoms with Crippen LogP contribution in [0.3, 0.4) is 0 Å². The zero-order valence-corrected chi connectivity index (χ0v) is 14.6. The third kappa shape index (κ3) is 3.36. The Kier molecular flexibility index (Phi) is 4.50. The van der Waals surface area contributed by atoms with Crippen molar-refractivity contribution in [2.45, 2.75) is 13.1 Å². The lowest BCUT2D eigenvalue weighted by molar-refractivity contribution is 0.0950. The number of hydrogen-bond donors (Lipinski definition) is 1. The number of halogens is 1. The van der Waals surface area contributed by atoms with Crippen molar-refractivity contribution in [2.24, 2.45) is 0 Å². The normalized spacial score (nSPS) is 12.2. The molecular weight excluding hydrogens is 354 g/mol. The predicted octanol–water partition coefficient (Wildman–Crippen LogP) is 3.24. The molecule has 0 aliphatic carbocycles. The lowest BCUT2D eigenvalue weighted by Crippen LogP contribution is -2.23. The van der Waals surface area contributed by atoms with Gasteiger partial charge in [0.15, 0.2) is 11.5 Å². The Morgan fingerprint density at radius 2 is 2.04 bits per heavy atom. The molecule has 0 radical (unpaired) electrons. The topological polar surface area (TPSA) is 65.4 Å². The van der Waals surface area contributed by atoms with Crippen LogP contribution in [0, 0.1) is 0 Å². The first-order valence-corrected chi connectivity index (χ1v) is 8.50. The van der Waals surface area contributed by atoms with Gasteiger partial charge in [-0.2, -0.15) is 5.10 Å². The predicted molar refractivity (Wildman–Crippen MR) is 96.5 cm³/mol. The standard InChI is InChI=1S/C19H16ClN3O3/c20-16-8-15(9-17-18(16)26-12-25-17)19(24)21-10-13-4-1-2-5-14(13)11-23-7-3-6-22-23/h1-9H,10-12H2,(H,21,24). The summed E-state index contributed by atoms with van der Waals surface area (Å²) in [5, 5.41) is 7.52. The number of rotatable bonds is 5. The van der Waals surface area contributed by atoms with Gasteiger partial charge in [0, 0.05) is 24.5 Å². The highest BCUT2D eigenvalue weighted by molar-refractivity contribution is 6.32. The van der Waals surface area contributed by atoms with Crippen LogP contribution in [0.4, 0.5) is 0 Å². The van der Waals surface area contributed by atoms with Crippen molar-refractivity contribution in [3.8, 4) is 11.5 Å². The van der Waals surface area contributed by atoms with E-state index in [1.165, 1.54) is 0 Å². The molecular formula is C19H16ClN3O3. The van der Waals surface area contributed by atoms with Gasteiger partial charge in [-0.3, -0.25) is 9.48 Å². The molecule has 3 aromatic rings. The minimum absolute atomic E-state index is 0.112. The zero-order valence-electron chi connectivity index (χ0n) is 13.8.